The quantitative estimate of drug-likeness (QED) is 0.800. The van der Waals surface area contributed by atoms with E-state index in [1.54, 1.807) is 29.7 Å². The van der Waals surface area contributed by atoms with Crippen molar-refractivity contribution in [1.82, 2.24) is 4.57 Å². The molecule has 1 aromatic carbocycles. The molecule has 4 heteroatoms. The second-order valence-electron chi connectivity index (χ2n) is 5.08. The maximum Gasteiger partial charge on any atom is 0.258 e. The fraction of sp³-hybridized carbons (Fsp3) is 0.250. The van der Waals surface area contributed by atoms with Crippen LogP contribution in [0.25, 0.3) is 5.69 Å². The van der Waals surface area contributed by atoms with Gasteiger partial charge in [0.1, 0.15) is 5.82 Å². The van der Waals surface area contributed by atoms with Crippen LogP contribution in [0.5, 0.6) is 0 Å². The van der Waals surface area contributed by atoms with Crippen LogP contribution in [-0.2, 0) is 6.42 Å². The van der Waals surface area contributed by atoms with Gasteiger partial charge in [0, 0.05) is 28.9 Å². The fourth-order valence-electron chi connectivity index (χ4n) is 2.68. The first kappa shape index (κ1) is 12.8. The Morgan fingerprint density at radius 2 is 1.80 bits per heavy atom. The van der Waals surface area contributed by atoms with Crippen molar-refractivity contribution in [2.24, 2.45) is 0 Å². The van der Waals surface area contributed by atoms with Gasteiger partial charge in [-0.1, -0.05) is 0 Å². The molecule has 20 heavy (non-hydrogen) atoms. The normalized spacial score (nSPS) is 14.2. The van der Waals surface area contributed by atoms with Crippen molar-refractivity contribution in [1.29, 1.82) is 0 Å². The molecule has 2 aromatic rings. The number of rotatable bonds is 1. The van der Waals surface area contributed by atoms with Crippen LogP contribution in [0.4, 0.5) is 4.39 Å². The molecule has 1 heterocycles. The smallest absolute Gasteiger partial charge is 0.258 e. The van der Waals surface area contributed by atoms with Gasteiger partial charge in [0.05, 0.1) is 0 Å². The number of halogens is 1. The highest BCUT2D eigenvalue weighted by atomic mass is 19.1. The van der Waals surface area contributed by atoms with E-state index in [1.165, 1.54) is 12.1 Å². The molecule has 0 fully saturated rings. The lowest BCUT2D eigenvalue weighted by molar-refractivity contribution is 0.0971. The summed E-state index contributed by atoms with van der Waals surface area (Å²) in [5, 5.41) is 0. The average molecular weight is 271 g/mol. The monoisotopic (exact) mass is 271 g/mol. The summed E-state index contributed by atoms with van der Waals surface area (Å²) in [5.41, 5.74) is 2.35. The van der Waals surface area contributed by atoms with E-state index in [-0.39, 0.29) is 17.2 Å². The summed E-state index contributed by atoms with van der Waals surface area (Å²) in [5.74, 6) is -0.274. The Hall–Kier alpha value is -2.23. The number of hydrogen-bond donors (Lipinski definition) is 0. The molecular weight excluding hydrogens is 257 g/mol. The number of aromatic nitrogens is 1. The van der Waals surface area contributed by atoms with Crippen molar-refractivity contribution in [2.45, 2.75) is 26.2 Å². The van der Waals surface area contributed by atoms with Gasteiger partial charge in [-0.15, -0.1) is 0 Å². The number of aryl methyl sites for hydroxylation is 1. The number of benzene rings is 1. The Balaban J connectivity index is 2.31. The Morgan fingerprint density at radius 3 is 2.50 bits per heavy atom. The van der Waals surface area contributed by atoms with Crippen molar-refractivity contribution < 1.29 is 9.18 Å². The van der Waals surface area contributed by atoms with Crippen LogP contribution in [0.2, 0.25) is 0 Å². The van der Waals surface area contributed by atoms with Crippen LogP contribution < -0.4 is 5.56 Å². The lowest BCUT2D eigenvalue weighted by Crippen LogP contribution is -2.29. The first-order valence-corrected chi connectivity index (χ1v) is 6.62. The molecular formula is C16H14FNO2. The summed E-state index contributed by atoms with van der Waals surface area (Å²) in [6.07, 6.45) is 1.96. The number of fused-ring (bicyclic) bond motifs is 1. The predicted octanol–water partition coefficient (Wildman–Crippen LogP) is 2.80. The number of nitrogens with zero attached hydrogens (tertiary/aromatic N) is 1. The zero-order chi connectivity index (χ0) is 14.3. The summed E-state index contributed by atoms with van der Waals surface area (Å²) in [6, 6.07) is 7.45. The Bertz CT molecular complexity index is 744. The summed E-state index contributed by atoms with van der Waals surface area (Å²) >= 11 is 0. The van der Waals surface area contributed by atoms with Gasteiger partial charge in [-0.2, -0.15) is 0 Å². The van der Waals surface area contributed by atoms with Crippen LogP contribution in [0.3, 0.4) is 0 Å². The minimum Gasteiger partial charge on any atom is -0.294 e. The molecule has 0 atom stereocenters. The van der Waals surface area contributed by atoms with Gasteiger partial charge in [0.25, 0.3) is 5.56 Å². The number of carbonyl (C=O) groups excluding carboxylic acids is 1. The number of carbonyl (C=O) groups is 1. The predicted molar refractivity (Wildman–Crippen MR) is 74.0 cm³/mol. The minimum atomic E-state index is -0.348. The van der Waals surface area contributed by atoms with E-state index < -0.39 is 0 Å². The van der Waals surface area contributed by atoms with Gasteiger partial charge >= 0.3 is 0 Å². The average Bonchev–Trinajstić information content (AvgIpc) is 2.43. The topological polar surface area (TPSA) is 39.1 Å². The molecule has 0 radical (unpaired) electrons. The van der Waals surface area contributed by atoms with E-state index in [0.717, 1.165) is 12.1 Å². The van der Waals surface area contributed by atoms with E-state index in [4.69, 9.17) is 0 Å². The second kappa shape index (κ2) is 4.71. The molecule has 3 nitrogen and oxygen atoms in total. The van der Waals surface area contributed by atoms with Gasteiger partial charge in [-0.25, -0.2) is 4.39 Å². The van der Waals surface area contributed by atoms with Gasteiger partial charge in [0.2, 0.25) is 0 Å². The zero-order valence-electron chi connectivity index (χ0n) is 11.1. The summed E-state index contributed by atoms with van der Waals surface area (Å²) in [4.78, 5) is 24.4. The molecule has 0 spiro atoms. The van der Waals surface area contributed by atoms with Crippen LogP contribution in [-0.4, -0.2) is 10.4 Å². The lowest BCUT2D eigenvalue weighted by atomic mass is 9.93. The first-order chi connectivity index (χ1) is 9.58. The number of ketones is 1. The molecule has 1 aliphatic carbocycles. The zero-order valence-corrected chi connectivity index (χ0v) is 11.1. The maximum absolute atomic E-state index is 13.0. The van der Waals surface area contributed by atoms with E-state index in [9.17, 15) is 14.0 Å². The van der Waals surface area contributed by atoms with Gasteiger partial charge in [-0.3, -0.25) is 14.2 Å². The Morgan fingerprint density at radius 1 is 1.10 bits per heavy atom. The molecule has 1 aromatic heterocycles. The van der Waals surface area contributed by atoms with Crippen molar-refractivity contribution in [3.8, 4) is 5.69 Å². The minimum absolute atomic E-state index is 0.0743. The molecule has 0 saturated carbocycles. The third kappa shape index (κ3) is 1.97. The molecule has 102 valence electrons. The molecule has 0 bridgehead atoms. The summed E-state index contributed by atoms with van der Waals surface area (Å²) in [7, 11) is 0. The van der Waals surface area contributed by atoms with Crippen molar-refractivity contribution >= 4 is 5.78 Å². The van der Waals surface area contributed by atoms with Crippen LogP contribution in [0.1, 0.15) is 34.5 Å². The largest absolute Gasteiger partial charge is 0.294 e. The second-order valence-corrected chi connectivity index (χ2v) is 5.08. The molecule has 1 aliphatic rings. The van der Waals surface area contributed by atoms with Crippen molar-refractivity contribution in [2.75, 3.05) is 0 Å². The Labute approximate surface area is 115 Å². The van der Waals surface area contributed by atoms with E-state index >= 15 is 0 Å². The van der Waals surface area contributed by atoms with E-state index in [2.05, 4.69) is 0 Å². The van der Waals surface area contributed by atoms with Crippen molar-refractivity contribution in [3.63, 3.8) is 0 Å². The van der Waals surface area contributed by atoms with Crippen molar-refractivity contribution in [3.05, 3.63) is 63.3 Å². The molecule has 0 N–H and O–H groups in total. The molecule has 0 unspecified atom stereocenters. The highest BCUT2D eigenvalue weighted by Crippen LogP contribution is 2.23. The van der Waals surface area contributed by atoms with Crippen LogP contribution in [0, 0.1) is 12.7 Å². The molecule has 0 saturated heterocycles. The molecule has 0 aliphatic heterocycles. The van der Waals surface area contributed by atoms with Gasteiger partial charge in [-0.05, 0) is 50.1 Å². The molecule has 0 amide bonds. The third-order valence-corrected chi connectivity index (χ3v) is 3.68. The number of hydrogen-bond acceptors (Lipinski definition) is 2. The highest BCUT2D eigenvalue weighted by Gasteiger charge is 2.22. The van der Waals surface area contributed by atoms with Gasteiger partial charge in [0.15, 0.2) is 5.78 Å². The standard InChI is InChI=1S/C16H14FNO2/c1-10-9-13-14(3-2-4-15(13)19)18(16(10)20)12-7-5-11(17)6-8-12/h5-9H,2-4H2,1H3. The third-order valence-electron chi connectivity index (χ3n) is 3.68. The summed E-state index contributed by atoms with van der Waals surface area (Å²) in [6.45, 7) is 1.70. The van der Waals surface area contributed by atoms with Crippen LogP contribution in [0.15, 0.2) is 35.1 Å². The number of pyridine rings is 1. The SMILES string of the molecule is Cc1cc2c(n(-c3ccc(F)cc3)c1=O)CCCC2=O. The Kier molecular flexibility index (Phi) is 3.01. The maximum atomic E-state index is 13.0. The summed E-state index contributed by atoms with van der Waals surface area (Å²) < 4.78 is 14.6. The van der Waals surface area contributed by atoms with Crippen LogP contribution >= 0.6 is 0 Å². The molecule has 3 rings (SSSR count). The van der Waals surface area contributed by atoms with E-state index in [1.807, 2.05) is 0 Å². The highest BCUT2D eigenvalue weighted by molar-refractivity contribution is 5.98. The lowest BCUT2D eigenvalue weighted by Gasteiger charge is -2.21. The van der Waals surface area contributed by atoms with Gasteiger partial charge < -0.3 is 0 Å². The van der Waals surface area contributed by atoms with E-state index in [0.29, 0.717) is 29.7 Å². The number of Topliss-reactive ketones (excluding diaryl/α,β-unsaturated/α-hetero) is 1. The first-order valence-electron chi connectivity index (χ1n) is 6.62. The fourth-order valence-corrected chi connectivity index (χ4v) is 2.68.